The molecule has 1 aromatic heterocycles. The number of benzene rings is 3. The van der Waals surface area contributed by atoms with Crippen molar-refractivity contribution in [2.45, 2.75) is 30.8 Å². The monoisotopic (exact) mass is 590 g/mol. The Labute approximate surface area is 231 Å². The number of amides is 1. The zero-order chi connectivity index (χ0) is 26.8. The third-order valence-corrected chi connectivity index (χ3v) is 7.55. The van der Waals surface area contributed by atoms with E-state index in [1.165, 1.54) is 23.9 Å². The van der Waals surface area contributed by atoms with Crippen LogP contribution in [0.5, 0.6) is 0 Å². The molecule has 9 nitrogen and oxygen atoms in total. The largest absolute Gasteiger partial charge is 0.328 e. The van der Waals surface area contributed by atoms with Crippen molar-refractivity contribution in [1.29, 1.82) is 0 Å². The standard InChI is InChI=1S/C27H23BrN6O3S/c1-16-6-3-4-9-22(16)30-25(35)23-17(2)29-26-31-27(38-15-18-10-12-21(13-11-18)34(36)37)32-33(26)24(23)19-7-5-8-20(28)14-19/h3-14,24H,15H2,1-2H3,(H,30,35)(H,29,31,32). The summed E-state index contributed by atoms with van der Waals surface area (Å²) in [6, 6.07) is 21.4. The minimum Gasteiger partial charge on any atom is -0.328 e. The third-order valence-electron chi connectivity index (χ3n) is 6.15. The second kappa shape index (κ2) is 10.8. The Balaban J connectivity index is 1.46. The number of aromatic nitrogens is 3. The number of thioether (sulfide) groups is 1. The molecule has 0 bridgehead atoms. The molecular formula is C27H23BrN6O3S. The van der Waals surface area contributed by atoms with Crippen molar-refractivity contribution in [2.75, 3.05) is 10.6 Å². The van der Waals surface area contributed by atoms with Crippen molar-refractivity contribution in [3.63, 3.8) is 0 Å². The Kier molecular flexibility index (Phi) is 7.30. The zero-order valence-corrected chi connectivity index (χ0v) is 22.9. The Morgan fingerprint density at radius 1 is 1.13 bits per heavy atom. The summed E-state index contributed by atoms with van der Waals surface area (Å²) >= 11 is 4.97. The lowest BCUT2D eigenvalue weighted by molar-refractivity contribution is -0.384. The Morgan fingerprint density at radius 2 is 1.89 bits per heavy atom. The molecule has 1 unspecified atom stereocenters. The number of halogens is 1. The van der Waals surface area contributed by atoms with Crippen LogP contribution in [0.15, 0.2) is 93.7 Å². The summed E-state index contributed by atoms with van der Waals surface area (Å²) in [6.07, 6.45) is 0. The predicted molar refractivity (Wildman–Crippen MR) is 151 cm³/mol. The van der Waals surface area contributed by atoms with Gasteiger partial charge >= 0.3 is 0 Å². The molecule has 38 heavy (non-hydrogen) atoms. The molecular weight excluding hydrogens is 568 g/mol. The van der Waals surface area contributed by atoms with Gasteiger partial charge in [-0.05, 0) is 48.7 Å². The lowest BCUT2D eigenvalue weighted by atomic mass is 9.95. The SMILES string of the molecule is CC1=C(C(=O)Nc2ccccc2C)C(c2cccc(Br)c2)n2nc(SCc3ccc([N+](=O)[O-])cc3)nc2N1. The second-order valence-electron chi connectivity index (χ2n) is 8.77. The topological polar surface area (TPSA) is 115 Å². The first kappa shape index (κ1) is 25.7. The minimum absolute atomic E-state index is 0.0495. The van der Waals surface area contributed by atoms with Crippen molar-refractivity contribution in [2.24, 2.45) is 0 Å². The average molecular weight is 591 g/mol. The zero-order valence-electron chi connectivity index (χ0n) is 20.5. The Bertz CT molecular complexity index is 1570. The number of rotatable bonds is 7. The van der Waals surface area contributed by atoms with E-state index in [2.05, 4.69) is 31.5 Å². The van der Waals surface area contributed by atoms with Crippen LogP contribution in [-0.2, 0) is 10.5 Å². The van der Waals surface area contributed by atoms with Gasteiger partial charge in [0.1, 0.15) is 6.04 Å². The van der Waals surface area contributed by atoms with Gasteiger partial charge in [0.2, 0.25) is 11.1 Å². The van der Waals surface area contributed by atoms with Crippen LogP contribution in [0.25, 0.3) is 0 Å². The van der Waals surface area contributed by atoms with E-state index in [1.807, 2.05) is 62.4 Å². The van der Waals surface area contributed by atoms with Gasteiger partial charge in [-0.2, -0.15) is 4.98 Å². The van der Waals surface area contributed by atoms with Crippen LogP contribution in [0.1, 0.15) is 29.7 Å². The number of fused-ring (bicyclic) bond motifs is 1. The quantitative estimate of drug-likeness (QED) is 0.144. The molecule has 0 aliphatic carbocycles. The molecule has 11 heteroatoms. The summed E-state index contributed by atoms with van der Waals surface area (Å²) in [5.74, 6) is 0.845. The predicted octanol–water partition coefficient (Wildman–Crippen LogP) is 6.48. The molecule has 0 radical (unpaired) electrons. The number of carbonyl (C=O) groups is 1. The Morgan fingerprint density at radius 3 is 2.61 bits per heavy atom. The first-order valence-corrected chi connectivity index (χ1v) is 13.5. The van der Waals surface area contributed by atoms with Crippen LogP contribution in [0.3, 0.4) is 0 Å². The van der Waals surface area contributed by atoms with Gasteiger partial charge in [-0.3, -0.25) is 14.9 Å². The molecule has 1 atom stereocenters. The molecule has 1 aliphatic rings. The third kappa shape index (κ3) is 5.34. The number of nitro groups is 1. The fraction of sp³-hybridized carbons (Fsp3) is 0.148. The van der Waals surface area contributed by atoms with Gasteiger partial charge < -0.3 is 10.6 Å². The number of nitrogens with zero attached hydrogens (tertiary/aromatic N) is 4. The van der Waals surface area contributed by atoms with Crippen molar-refractivity contribution in [3.8, 4) is 0 Å². The molecule has 5 rings (SSSR count). The van der Waals surface area contributed by atoms with E-state index in [0.29, 0.717) is 28.1 Å². The highest BCUT2D eigenvalue weighted by atomic mass is 79.9. The van der Waals surface area contributed by atoms with Crippen LogP contribution in [0.4, 0.5) is 17.3 Å². The maximum atomic E-state index is 13.7. The number of aryl methyl sites for hydroxylation is 1. The van der Waals surface area contributed by atoms with Crippen LogP contribution in [0.2, 0.25) is 0 Å². The van der Waals surface area contributed by atoms with E-state index in [4.69, 9.17) is 5.10 Å². The number of nitro benzene ring substituents is 1. The minimum atomic E-state index is -0.506. The molecule has 0 spiro atoms. The lowest BCUT2D eigenvalue weighted by Gasteiger charge is -2.29. The average Bonchev–Trinajstić information content (AvgIpc) is 3.30. The van der Waals surface area contributed by atoms with Crippen molar-refractivity contribution in [1.82, 2.24) is 14.8 Å². The normalized spacial score (nSPS) is 14.6. The highest BCUT2D eigenvalue weighted by Gasteiger charge is 2.34. The van der Waals surface area contributed by atoms with Crippen molar-refractivity contribution < 1.29 is 9.72 Å². The molecule has 0 fully saturated rings. The van der Waals surface area contributed by atoms with Crippen molar-refractivity contribution in [3.05, 3.63) is 115 Å². The second-order valence-corrected chi connectivity index (χ2v) is 10.6. The number of allylic oxidation sites excluding steroid dienone is 1. The Hall–Kier alpha value is -3.96. The van der Waals surface area contributed by atoms with Gasteiger partial charge in [0.05, 0.1) is 10.5 Å². The fourth-order valence-corrected chi connectivity index (χ4v) is 5.44. The summed E-state index contributed by atoms with van der Waals surface area (Å²) in [4.78, 5) is 28.8. The molecule has 192 valence electrons. The van der Waals surface area contributed by atoms with Gasteiger partial charge in [0, 0.05) is 33.7 Å². The van der Waals surface area contributed by atoms with E-state index in [9.17, 15) is 14.9 Å². The maximum Gasteiger partial charge on any atom is 0.269 e. The molecule has 2 N–H and O–H groups in total. The van der Waals surface area contributed by atoms with Gasteiger partial charge in [-0.25, -0.2) is 4.68 Å². The molecule has 2 heterocycles. The van der Waals surface area contributed by atoms with Gasteiger partial charge in [0.15, 0.2) is 0 Å². The van der Waals surface area contributed by atoms with Crippen LogP contribution in [0, 0.1) is 17.0 Å². The summed E-state index contributed by atoms with van der Waals surface area (Å²) in [6.45, 7) is 3.81. The summed E-state index contributed by atoms with van der Waals surface area (Å²) in [5.41, 5.74) is 4.78. The molecule has 0 saturated carbocycles. The number of nitrogens with one attached hydrogen (secondary N) is 2. The van der Waals surface area contributed by atoms with Gasteiger partial charge in [0.25, 0.3) is 11.6 Å². The lowest BCUT2D eigenvalue weighted by Crippen LogP contribution is -2.31. The van der Waals surface area contributed by atoms with Crippen LogP contribution in [-0.4, -0.2) is 25.6 Å². The van der Waals surface area contributed by atoms with E-state index < -0.39 is 11.0 Å². The highest BCUT2D eigenvalue weighted by Crippen LogP contribution is 2.38. The van der Waals surface area contributed by atoms with Crippen molar-refractivity contribution >= 4 is 50.9 Å². The number of para-hydroxylation sites is 1. The first-order chi connectivity index (χ1) is 18.3. The first-order valence-electron chi connectivity index (χ1n) is 11.7. The molecule has 3 aromatic carbocycles. The van der Waals surface area contributed by atoms with E-state index >= 15 is 0 Å². The van der Waals surface area contributed by atoms with Crippen LogP contribution >= 0.6 is 27.7 Å². The molecule has 1 aliphatic heterocycles. The molecule has 4 aromatic rings. The highest BCUT2D eigenvalue weighted by molar-refractivity contribution is 9.10. The van der Waals surface area contributed by atoms with E-state index in [-0.39, 0.29) is 11.6 Å². The molecule has 0 saturated heterocycles. The van der Waals surface area contributed by atoms with Gasteiger partial charge in [-0.15, -0.1) is 5.10 Å². The number of carbonyl (C=O) groups excluding carboxylic acids is 1. The number of hydrogen-bond donors (Lipinski definition) is 2. The summed E-state index contributed by atoms with van der Waals surface area (Å²) in [5, 5.41) is 22.5. The number of anilines is 2. The van der Waals surface area contributed by atoms with E-state index in [0.717, 1.165) is 26.9 Å². The summed E-state index contributed by atoms with van der Waals surface area (Å²) in [7, 11) is 0. The molecule has 1 amide bonds. The smallest absolute Gasteiger partial charge is 0.269 e. The fourth-order valence-electron chi connectivity index (χ4n) is 4.24. The maximum absolute atomic E-state index is 13.7. The van der Waals surface area contributed by atoms with E-state index in [1.54, 1.807) is 16.8 Å². The number of non-ortho nitro benzene ring substituents is 1. The summed E-state index contributed by atoms with van der Waals surface area (Å²) < 4.78 is 2.62. The van der Waals surface area contributed by atoms with Crippen LogP contribution < -0.4 is 10.6 Å². The number of hydrogen-bond acceptors (Lipinski definition) is 7. The van der Waals surface area contributed by atoms with Gasteiger partial charge in [-0.1, -0.05) is 70.2 Å².